The second kappa shape index (κ2) is 7.62. The molecule has 2 rings (SSSR count). The van der Waals surface area contributed by atoms with Crippen molar-refractivity contribution in [3.63, 3.8) is 0 Å². The summed E-state index contributed by atoms with van der Waals surface area (Å²) < 4.78 is 0. The first-order valence-corrected chi connectivity index (χ1v) is 8.33. The highest BCUT2D eigenvalue weighted by atomic mass is 16.4. The molecule has 2 N–H and O–H groups in total. The molecule has 0 aromatic carbocycles. The van der Waals surface area contributed by atoms with Crippen molar-refractivity contribution in [2.24, 2.45) is 11.8 Å². The number of amides is 2. The van der Waals surface area contributed by atoms with Gasteiger partial charge in [-0.1, -0.05) is 11.1 Å². The van der Waals surface area contributed by atoms with Gasteiger partial charge in [0, 0.05) is 26.1 Å². The zero-order valence-electron chi connectivity index (χ0n) is 13.9. The summed E-state index contributed by atoms with van der Waals surface area (Å²) in [5, 5.41) is 12.2. The quantitative estimate of drug-likeness (QED) is 0.574. The molecular weight excluding hydrogens is 296 g/mol. The van der Waals surface area contributed by atoms with Gasteiger partial charge in [-0.25, -0.2) is 0 Å². The van der Waals surface area contributed by atoms with Gasteiger partial charge in [0.05, 0.1) is 11.8 Å². The van der Waals surface area contributed by atoms with Crippen LogP contribution in [0.25, 0.3) is 0 Å². The average molecular weight is 322 g/mol. The molecule has 0 aromatic heterocycles. The van der Waals surface area contributed by atoms with E-state index in [1.165, 1.54) is 0 Å². The number of hydrogen-bond donors (Lipinski definition) is 2. The Morgan fingerprint density at radius 1 is 1.22 bits per heavy atom. The topological polar surface area (TPSA) is 86.7 Å². The third kappa shape index (κ3) is 4.33. The van der Waals surface area contributed by atoms with Crippen molar-refractivity contribution in [2.45, 2.75) is 46.0 Å². The number of carboxylic acids is 1. The van der Waals surface area contributed by atoms with E-state index in [-0.39, 0.29) is 11.8 Å². The van der Waals surface area contributed by atoms with Crippen molar-refractivity contribution in [3.8, 4) is 0 Å². The first-order chi connectivity index (χ1) is 10.9. The molecule has 0 radical (unpaired) electrons. The van der Waals surface area contributed by atoms with Gasteiger partial charge in [0.25, 0.3) is 0 Å². The third-order valence-corrected chi connectivity index (χ3v) is 5.00. The number of hydrogen-bond acceptors (Lipinski definition) is 3. The Kier molecular flexibility index (Phi) is 5.80. The second-order valence-electron chi connectivity index (χ2n) is 6.65. The zero-order valence-corrected chi connectivity index (χ0v) is 13.9. The molecule has 1 saturated heterocycles. The first-order valence-electron chi connectivity index (χ1n) is 8.33. The maximum atomic E-state index is 12.3. The van der Waals surface area contributed by atoms with E-state index in [1.54, 1.807) is 0 Å². The van der Waals surface area contributed by atoms with Crippen LogP contribution < -0.4 is 5.32 Å². The number of carboxylic acid groups (broad SMARTS) is 1. The minimum atomic E-state index is -0.903. The number of nitrogens with one attached hydrogen (secondary N) is 1. The van der Waals surface area contributed by atoms with E-state index in [0.717, 1.165) is 24.1 Å². The van der Waals surface area contributed by atoms with Gasteiger partial charge in [-0.05, 0) is 39.5 Å². The average Bonchev–Trinajstić information content (AvgIpc) is 2.90. The van der Waals surface area contributed by atoms with Crippen LogP contribution in [0.15, 0.2) is 11.1 Å². The summed E-state index contributed by atoms with van der Waals surface area (Å²) in [7, 11) is 0. The molecule has 1 fully saturated rings. The van der Waals surface area contributed by atoms with Crippen LogP contribution in [-0.2, 0) is 14.4 Å². The molecule has 0 spiro atoms. The van der Waals surface area contributed by atoms with Gasteiger partial charge in [0.1, 0.15) is 0 Å². The number of allylic oxidation sites excluding steroid dienone is 2. The van der Waals surface area contributed by atoms with Gasteiger partial charge in [0.2, 0.25) is 11.8 Å². The number of carbonyl (C=O) groups is 3. The van der Waals surface area contributed by atoms with E-state index < -0.39 is 17.8 Å². The summed E-state index contributed by atoms with van der Waals surface area (Å²) in [4.78, 5) is 37.1. The zero-order chi connectivity index (χ0) is 17.0. The lowest BCUT2D eigenvalue weighted by molar-refractivity contribution is -0.147. The maximum absolute atomic E-state index is 12.3. The fraction of sp³-hybridized carbons (Fsp3) is 0.706. The van der Waals surface area contributed by atoms with Crippen LogP contribution in [0.4, 0.5) is 0 Å². The van der Waals surface area contributed by atoms with Gasteiger partial charge in [-0.2, -0.15) is 0 Å². The SMILES string of the molecule is CC1=C(C)C[C@H](C(=O)NCCCN2CCCC2=O)[C@@H](C(=O)O)C1. The van der Waals surface area contributed by atoms with E-state index in [4.69, 9.17) is 0 Å². The maximum Gasteiger partial charge on any atom is 0.307 e. The molecule has 0 bridgehead atoms. The molecule has 2 aliphatic rings. The Morgan fingerprint density at radius 2 is 1.87 bits per heavy atom. The molecule has 6 heteroatoms. The van der Waals surface area contributed by atoms with Gasteiger partial charge >= 0.3 is 5.97 Å². The van der Waals surface area contributed by atoms with Crippen molar-refractivity contribution < 1.29 is 19.5 Å². The van der Waals surface area contributed by atoms with Crippen LogP contribution in [0.1, 0.15) is 46.0 Å². The van der Waals surface area contributed by atoms with Crippen LogP contribution in [-0.4, -0.2) is 47.4 Å². The largest absolute Gasteiger partial charge is 0.481 e. The van der Waals surface area contributed by atoms with Crippen LogP contribution >= 0.6 is 0 Å². The highest BCUT2D eigenvalue weighted by molar-refractivity contribution is 5.85. The third-order valence-electron chi connectivity index (χ3n) is 5.00. The van der Waals surface area contributed by atoms with Gasteiger partial charge < -0.3 is 15.3 Å². The standard InChI is InChI=1S/C17H26N2O4/c1-11-9-13(14(17(22)23)10-12(11)2)16(21)18-6-4-8-19-7-3-5-15(19)20/h13-14H,3-10H2,1-2H3,(H,18,21)(H,22,23)/t13-,14-/m0/s1. The van der Waals surface area contributed by atoms with E-state index in [1.807, 2.05) is 18.7 Å². The summed E-state index contributed by atoms with van der Waals surface area (Å²) in [6.45, 7) is 5.84. The minimum Gasteiger partial charge on any atom is -0.481 e. The fourth-order valence-corrected chi connectivity index (χ4v) is 3.38. The Labute approximate surface area is 136 Å². The monoisotopic (exact) mass is 322 g/mol. The number of carbonyl (C=O) groups excluding carboxylic acids is 2. The van der Waals surface area contributed by atoms with Crippen molar-refractivity contribution in [1.82, 2.24) is 10.2 Å². The number of nitrogens with zero attached hydrogens (tertiary/aromatic N) is 1. The Balaban J connectivity index is 1.81. The summed E-state index contributed by atoms with van der Waals surface area (Å²) in [6, 6.07) is 0. The molecule has 2 amide bonds. The highest BCUT2D eigenvalue weighted by Crippen LogP contribution is 2.34. The van der Waals surface area contributed by atoms with Crippen molar-refractivity contribution in [3.05, 3.63) is 11.1 Å². The Morgan fingerprint density at radius 3 is 2.43 bits per heavy atom. The van der Waals surface area contributed by atoms with Gasteiger partial charge in [0.15, 0.2) is 0 Å². The number of likely N-dealkylation sites (tertiary alicyclic amines) is 1. The summed E-state index contributed by atoms with van der Waals surface area (Å²) >= 11 is 0. The van der Waals surface area contributed by atoms with E-state index >= 15 is 0 Å². The molecule has 0 saturated carbocycles. The Bertz CT molecular complexity index is 527. The summed E-state index contributed by atoms with van der Waals surface area (Å²) in [5.74, 6) is -2.04. The van der Waals surface area contributed by atoms with Crippen LogP contribution in [0.3, 0.4) is 0 Å². The predicted octanol–water partition coefficient (Wildman–Crippen LogP) is 1.56. The molecule has 0 unspecified atom stereocenters. The van der Waals surface area contributed by atoms with Crippen molar-refractivity contribution >= 4 is 17.8 Å². The molecule has 6 nitrogen and oxygen atoms in total. The van der Waals surface area contributed by atoms with E-state index in [9.17, 15) is 19.5 Å². The summed E-state index contributed by atoms with van der Waals surface area (Å²) in [6.07, 6.45) is 3.20. The van der Waals surface area contributed by atoms with Crippen molar-refractivity contribution in [1.29, 1.82) is 0 Å². The molecule has 128 valence electrons. The number of aliphatic carboxylic acids is 1. The lowest BCUT2D eigenvalue weighted by Gasteiger charge is -2.29. The van der Waals surface area contributed by atoms with E-state index in [2.05, 4.69) is 5.32 Å². The highest BCUT2D eigenvalue weighted by Gasteiger charge is 2.37. The molecule has 1 aliphatic heterocycles. The predicted molar refractivity (Wildman–Crippen MR) is 85.7 cm³/mol. The minimum absolute atomic E-state index is 0.183. The molecule has 0 aromatic rings. The smallest absolute Gasteiger partial charge is 0.307 e. The van der Waals surface area contributed by atoms with Crippen LogP contribution in [0.5, 0.6) is 0 Å². The second-order valence-corrected chi connectivity index (χ2v) is 6.65. The normalized spacial score (nSPS) is 25.0. The van der Waals surface area contributed by atoms with Crippen molar-refractivity contribution in [2.75, 3.05) is 19.6 Å². The molecule has 23 heavy (non-hydrogen) atoms. The fourth-order valence-electron chi connectivity index (χ4n) is 3.38. The summed E-state index contributed by atoms with van der Waals surface area (Å²) in [5.41, 5.74) is 2.19. The van der Waals surface area contributed by atoms with Gasteiger partial charge in [-0.15, -0.1) is 0 Å². The number of rotatable bonds is 6. The molecular formula is C17H26N2O4. The molecule has 2 atom stereocenters. The first kappa shape index (κ1) is 17.5. The Hall–Kier alpha value is -1.85. The molecule has 1 aliphatic carbocycles. The van der Waals surface area contributed by atoms with E-state index in [0.29, 0.717) is 38.8 Å². The van der Waals surface area contributed by atoms with Crippen LogP contribution in [0, 0.1) is 11.8 Å². The lowest BCUT2D eigenvalue weighted by atomic mass is 9.76. The van der Waals surface area contributed by atoms with Crippen LogP contribution in [0.2, 0.25) is 0 Å². The molecule has 1 heterocycles. The van der Waals surface area contributed by atoms with Gasteiger partial charge in [-0.3, -0.25) is 14.4 Å². The lowest BCUT2D eigenvalue weighted by Crippen LogP contribution is -2.41.